The van der Waals surface area contributed by atoms with E-state index in [4.69, 9.17) is 5.11 Å². The predicted octanol–water partition coefficient (Wildman–Crippen LogP) is 2.58. The highest BCUT2D eigenvalue weighted by Crippen LogP contribution is 2.40. The fraction of sp³-hybridized carbons (Fsp3) is 0.529. The fourth-order valence-electron chi connectivity index (χ4n) is 3.19. The average molecular weight is 304 g/mol. The van der Waals surface area contributed by atoms with Gasteiger partial charge in [-0.25, -0.2) is 4.79 Å². The lowest BCUT2D eigenvalue weighted by atomic mass is 9.78. The summed E-state index contributed by atoms with van der Waals surface area (Å²) in [6.07, 6.45) is 4.45. The number of nitrogens with one attached hydrogen (secondary N) is 2. The van der Waals surface area contributed by atoms with E-state index < -0.39 is 5.97 Å². The Morgan fingerprint density at radius 2 is 1.95 bits per heavy atom. The van der Waals surface area contributed by atoms with Gasteiger partial charge < -0.3 is 15.7 Å². The van der Waals surface area contributed by atoms with Crippen molar-refractivity contribution in [2.45, 2.75) is 44.4 Å². The van der Waals surface area contributed by atoms with Crippen LogP contribution in [0, 0.1) is 6.92 Å². The number of aryl methyl sites for hydroxylation is 1. The second-order valence-electron chi connectivity index (χ2n) is 6.11. The molecule has 0 heterocycles. The van der Waals surface area contributed by atoms with E-state index in [1.807, 2.05) is 0 Å². The molecule has 5 nitrogen and oxygen atoms in total. The van der Waals surface area contributed by atoms with Crippen molar-refractivity contribution in [3.8, 4) is 0 Å². The number of carboxylic acid groups (broad SMARTS) is 1. The Kier molecular flexibility index (Phi) is 5.41. The molecule has 0 spiro atoms. The average Bonchev–Trinajstić information content (AvgIpc) is 2.95. The molecular weight excluding hydrogens is 280 g/mol. The molecule has 0 saturated heterocycles. The molecule has 120 valence electrons. The van der Waals surface area contributed by atoms with Gasteiger partial charge in [-0.2, -0.15) is 0 Å². The predicted molar refractivity (Wildman–Crippen MR) is 85.0 cm³/mol. The van der Waals surface area contributed by atoms with Crippen LogP contribution in [0.2, 0.25) is 0 Å². The minimum atomic E-state index is -0.910. The molecule has 1 aliphatic rings. The summed E-state index contributed by atoms with van der Waals surface area (Å²) in [5.41, 5.74) is 2.53. The standard InChI is InChI=1S/C17H24N2O3/c1-13-5-4-6-14(11-13)17(8-2-3-9-17)12-19-16(22)18-10-7-15(20)21/h4-6,11H,2-3,7-10,12H2,1H3,(H,20,21)(H2,18,19,22). The molecule has 2 amide bonds. The first kappa shape index (κ1) is 16.3. The summed E-state index contributed by atoms with van der Waals surface area (Å²) in [5, 5.41) is 14.1. The van der Waals surface area contributed by atoms with Crippen LogP contribution >= 0.6 is 0 Å². The SMILES string of the molecule is Cc1cccc(C2(CNC(=O)NCCC(=O)O)CCCC2)c1. The van der Waals surface area contributed by atoms with Crippen LogP contribution < -0.4 is 10.6 Å². The van der Waals surface area contributed by atoms with Crippen LogP contribution in [0.3, 0.4) is 0 Å². The van der Waals surface area contributed by atoms with Gasteiger partial charge in [0.25, 0.3) is 0 Å². The molecule has 1 aromatic carbocycles. The molecule has 3 N–H and O–H groups in total. The van der Waals surface area contributed by atoms with Crippen molar-refractivity contribution in [3.63, 3.8) is 0 Å². The molecule has 0 atom stereocenters. The van der Waals surface area contributed by atoms with Gasteiger partial charge in [-0.15, -0.1) is 0 Å². The number of urea groups is 1. The van der Waals surface area contributed by atoms with Crippen LogP contribution in [0.4, 0.5) is 4.79 Å². The van der Waals surface area contributed by atoms with E-state index in [-0.39, 0.29) is 24.4 Å². The van der Waals surface area contributed by atoms with Crippen LogP contribution in [0.5, 0.6) is 0 Å². The van der Waals surface area contributed by atoms with Gasteiger partial charge in [-0.1, -0.05) is 42.7 Å². The van der Waals surface area contributed by atoms with E-state index in [1.54, 1.807) is 0 Å². The van der Waals surface area contributed by atoms with Gasteiger partial charge in [0.1, 0.15) is 0 Å². The number of rotatable bonds is 6. The minimum absolute atomic E-state index is 0.0101. The summed E-state index contributed by atoms with van der Waals surface area (Å²) >= 11 is 0. The summed E-state index contributed by atoms with van der Waals surface area (Å²) in [5.74, 6) is -0.910. The first-order valence-electron chi connectivity index (χ1n) is 7.82. The molecule has 0 unspecified atom stereocenters. The van der Waals surface area contributed by atoms with E-state index in [9.17, 15) is 9.59 Å². The number of carbonyl (C=O) groups excluding carboxylic acids is 1. The number of carboxylic acids is 1. The Morgan fingerprint density at radius 3 is 2.59 bits per heavy atom. The third kappa shape index (κ3) is 4.23. The highest BCUT2D eigenvalue weighted by atomic mass is 16.4. The zero-order chi connectivity index (χ0) is 16.0. The highest BCUT2D eigenvalue weighted by molar-refractivity contribution is 5.75. The summed E-state index contributed by atoms with van der Waals surface area (Å²) in [6, 6.07) is 8.20. The monoisotopic (exact) mass is 304 g/mol. The van der Waals surface area contributed by atoms with Crippen molar-refractivity contribution in [3.05, 3.63) is 35.4 Å². The Bertz CT molecular complexity index is 536. The quantitative estimate of drug-likeness (QED) is 0.756. The van der Waals surface area contributed by atoms with Crippen LogP contribution in [-0.4, -0.2) is 30.2 Å². The summed E-state index contributed by atoms with van der Waals surface area (Å²) in [7, 11) is 0. The van der Waals surface area contributed by atoms with Gasteiger partial charge in [0.05, 0.1) is 6.42 Å². The fourth-order valence-corrected chi connectivity index (χ4v) is 3.19. The van der Waals surface area contributed by atoms with Crippen molar-refractivity contribution >= 4 is 12.0 Å². The van der Waals surface area contributed by atoms with Crippen LogP contribution in [-0.2, 0) is 10.2 Å². The van der Waals surface area contributed by atoms with E-state index in [1.165, 1.54) is 24.0 Å². The number of aliphatic carboxylic acids is 1. The summed E-state index contributed by atoms with van der Waals surface area (Å²) in [6.45, 7) is 2.83. The first-order chi connectivity index (χ1) is 10.5. The molecule has 2 rings (SSSR count). The highest BCUT2D eigenvalue weighted by Gasteiger charge is 2.35. The number of benzene rings is 1. The van der Waals surface area contributed by atoms with Crippen LogP contribution in [0.15, 0.2) is 24.3 Å². The Balaban J connectivity index is 1.95. The van der Waals surface area contributed by atoms with Gasteiger partial charge >= 0.3 is 12.0 Å². The largest absolute Gasteiger partial charge is 0.481 e. The molecule has 0 aromatic heterocycles. The molecule has 0 aliphatic heterocycles. The molecule has 1 fully saturated rings. The molecule has 1 saturated carbocycles. The molecular formula is C17H24N2O3. The van der Waals surface area contributed by atoms with Crippen molar-refractivity contribution in [2.75, 3.05) is 13.1 Å². The lowest BCUT2D eigenvalue weighted by Gasteiger charge is -2.30. The van der Waals surface area contributed by atoms with Crippen LogP contribution in [0.25, 0.3) is 0 Å². The smallest absolute Gasteiger partial charge is 0.314 e. The van der Waals surface area contributed by atoms with Crippen molar-refractivity contribution in [2.24, 2.45) is 0 Å². The minimum Gasteiger partial charge on any atom is -0.481 e. The maximum atomic E-state index is 11.8. The Morgan fingerprint density at radius 1 is 1.23 bits per heavy atom. The topological polar surface area (TPSA) is 78.4 Å². The van der Waals surface area contributed by atoms with Gasteiger partial charge in [-0.05, 0) is 25.3 Å². The molecule has 5 heteroatoms. The molecule has 0 radical (unpaired) electrons. The molecule has 22 heavy (non-hydrogen) atoms. The van der Waals surface area contributed by atoms with Crippen LogP contribution in [0.1, 0.15) is 43.2 Å². The summed E-state index contributed by atoms with van der Waals surface area (Å²) in [4.78, 5) is 22.3. The lowest BCUT2D eigenvalue weighted by Crippen LogP contribution is -2.44. The number of amides is 2. The third-order valence-electron chi connectivity index (χ3n) is 4.40. The van der Waals surface area contributed by atoms with Gasteiger partial charge in [0.2, 0.25) is 0 Å². The zero-order valence-electron chi connectivity index (χ0n) is 13.0. The van der Waals surface area contributed by atoms with Crippen molar-refractivity contribution in [1.82, 2.24) is 10.6 Å². The number of hydrogen-bond acceptors (Lipinski definition) is 2. The second kappa shape index (κ2) is 7.29. The van der Waals surface area contributed by atoms with E-state index in [0.29, 0.717) is 6.54 Å². The second-order valence-corrected chi connectivity index (χ2v) is 6.11. The van der Waals surface area contributed by atoms with E-state index in [0.717, 1.165) is 12.8 Å². The molecule has 1 aliphatic carbocycles. The van der Waals surface area contributed by atoms with E-state index >= 15 is 0 Å². The van der Waals surface area contributed by atoms with Gasteiger partial charge in [0, 0.05) is 18.5 Å². The third-order valence-corrected chi connectivity index (χ3v) is 4.40. The number of carbonyl (C=O) groups is 2. The number of hydrogen-bond donors (Lipinski definition) is 3. The maximum Gasteiger partial charge on any atom is 0.314 e. The van der Waals surface area contributed by atoms with Gasteiger partial charge in [-0.3, -0.25) is 4.79 Å². The normalized spacial score (nSPS) is 16.2. The van der Waals surface area contributed by atoms with Crippen molar-refractivity contribution in [1.29, 1.82) is 0 Å². The van der Waals surface area contributed by atoms with E-state index in [2.05, 4.69) is 41.8 Å². The maximum absolute atomic E-state index is 11.8. The Labute approximate surface area is 131 Å². The molecule has 0 bridgehead atoms. The zero-order valence-corrected chi connectivity index (χ0v) is 13.0. The Hall–Kier alpha value is -2.04. The van der Waals surface area contributed by atoms with Crippen molar-refractivity contribution < 1.29 is 14.7 Å². The summed E-state index contributed by atoms with van der Waals surface area (Å²) < 4.78 is 0. The lowest BCUT2D eigenvalue weighted by molar-refractivity contribution is -0.136. The first-order valence-corrected chi connectivity index (χ1v) is 7.82. The van der Waals surface area contributed by atoms with Gasteiger partial charge in [0.15, 0.2) is 0 Å². The molecule has 1 aromatic rings.